The molecule has 4 heterocycles. The Morgan fingerprint density at radius 1 is 1.18 bits per heavy atom. The number of alkyl halides is 1. The Balaban J connectivity index is 1.47. The van der Waals surface area contributed by atoms with Crippen molar-refractivity contribution in [1.82, 2.24) is 24.8 Å². The van der Waals surface area contributed by atoms with Crippen molar-refractivity contribution in [3.63, 3.8) is 0 Å². The highest BCUT2D eigenvalue weighted by Gasteiger charge is 2.33. The van der Waals surface area contributed by atoms with E-state index in [0.29, 0.717) is 10.8 Å². The van der Waals surface area contributed by atoms with E-state index in [9.17, 15) is 23.9 Å². The Kier molecular flexibility index (Phi) is 8.04. The number of hydrogen-bond acceptors (Lipinski definition) is 8. The zero-order valence-electron chi connectivity index (χ0n) is 23.6. The van der Waals surface area contributed by atoms with Crippen LogP contribution in [-0.4, -0.2) is 94.0 Å². The molecule has 4 aromatic rings. The number of nitrogens with zero attached hydrogens (tertiary/aromatic N) is 7. The number of carbonyl (C=O) groups is 1. The van der Waals surface area contributed by atoms with E-state index in [2.05, 4.69) is 15.0 Å². The summed E-state index contributed by atoms with van der Waals surface area (Å²) in [7, 11) is 1.79. The zero-order valence-corrected chi connectivity index (χ0v) is 24.3. The van der Waals surface area contributed by atoms with Crippen LogP contribution >= 0.6 is 11.6 Å². The minimum absolute atomic E-state index is 0.0528. The van der Waals surface area contributed by atoms with Gasteiger partial charge in [0.05, 0.1) is 28.9 Å². The first kappa shape index (κ1) is 29.7. The summed E-state index contributed by atoms with van der Waals surface area (Å²) in [4.78, 5) is 29.9. The van der Waals surface area contributed by atoms with Crippen LogP contribution in [0.4, 0.5) is 23.8 Å². The van der Waals surface area contributed by atoms with Gasteiger partial charge in [0.1, 0.15) is 35.6 Å². The molecule has 2 aromatic heterocycles. The van der Waals surface area contributed by atoms with Gasteiger partial charge in [-0.3, -0.25) is 9.88 Å². The number of fused-ring (bicyclic) bond motifs is 2. The van der Waals surface area contributed by atoms with Crippen molar-refractivity contribution in [1.29, 1.82) is 5.26 Å². The van der Waals surface area contributed by atoms with Crippen LogP contribution < -0.4 is 9.64 Å². The highest BCUT2D eigenvalue weighted by molar-refractivity contribution is 6.36. The molecule has 2 aliphatic rings. The van der Waals surface area contributed by atoms with Crippen molar-refractivity contribution < 1.29 is 27.8 Å². The molecule has 0 aliphatic carbocycles. The van der Waals surface area contributed by atoms with E-state index >= 15 is 4.39 Å². The van der Waals surface area contributed by atoms with Crippen LogP contribution in [0.2, 0.25) is 5.02 Å². The number of benzene rings is 2. The van der Waals surface area contributed by atoms with E-state index in [1.807, 2.05) is 11.0 Å². The summed E-state index contributed by atoms with van der Waals surface area (Å²) in [6, 6.07) is 8.76. The van der Waals surface area contributed by atoms with E-state index in [-0.39, 0.29) is 90.7 Å². The van der Waals surface area contributed by atoms with Gasteiger partial charge in [0.2, 0.25) is 0 Å². The lowest BCUT2D eigenvalue weighted by atomic mass is 10.0. The van der Waals surface area contributed by atoms with Gasteiger partial charge in [-0.15, -0.1) is 0 Å². The molecule has 228 valence electrons. The molecule has 1 N–H and O–H groups in total. The van der Waals surface area contributed by atoms with E-state index in [1.165, 1.54) is 17.2 Å². The summed E-state index contributed by atoms with van der Waals surface area (Å²) < 4.78 is 50.9. The average Bonchev–Trinajstić information content (AvgIpc) is 3.34. The number of likely N-dealkylation sites (tertiary alicyclic amines) is 1. The maximum Gasteiger partial charge on any atom is 0.407 e. The first-order valence-corrected chi connectivity index (χ1v) is 14.4. The molecule has 14 heteroatoms. The Morgan fingerprint density at radius 2 is 2.00 bits per heavy atom. The maximum absolute atomic E-state index is 16.5. The van der Waals surface area contributed by atoms with Crippen LogP contribution in [0, 0.1) is 23.0 Å². The van der Waals surface area contributed by atoms with Crippen LogP contribution in [0.15, 0.2) is 36.5 Å². The van der Waals surface area contributed by atoms with Crippen LogP contribution in [-0.2, 0) is 0 Å². The molecular formula is C30H27ClF3N7O3. The van der Waals surface area contributed by atoms with Crippen LogP contribution in [0.25, 0.3) is 32.9 Å². The van der Waals surface area contributed by atoms with Gasteiger partial charge in [0, 0.05) is 49.4 Å². The van der Waals surface area contributed by atoms with Crippen molar-refractivity contribution in [2.45, 2.75) is 31.1 Å². The van der Waals surface area contributed by atoms with E-state index < -0.39 is 29.9 Å². The highest BCUT2D eigenvalue weighted by Crippen LogP contribution is 2.38. The molecule has 0 radical (unpaired) electrons. The normalized spacial score (nSPS) is 20.8. The largest absolute Gasteiger partial charge is 0.465 e. The Labute approximate surface area is 255 Å². The summed E-state index contributed by atoms with van der Waals surface area (Å²) in [5, 5.41) is 19.9. The molecule has 2 aromatic carbocycles. The summed E-state index contributed by atoms with van der Waals surface area (Å²) in [6.45, 7) is 0.730. The molecule has 0 saturated carbocycles. The number of halogens is 4. The number of pyridine rings is 1. The fraction of sp³-hybridized carbons (Fsp3) is 0.367. The van der Waals surface area contributed by atoms with Crippen LogP contribution in [0.5, 0.6) is 6.01 Å². The Morgan fingerprint density at radius 3 is 2.73 bits per heavy atom. The second kappa shape index (κ2) is 11.9. The summed E-state index contributed by atoms with van der Waals surface area (Å²) in [5.74, 6) is -1.22. The molecule has 2 aliphatic heterocycles. The topological polar surface area (TPSA) is 119 Å². The number of piperazine rings is 1. The number of likely N-dealkylation sites (N-methyl/N-ethyl adjacent to an activating group) is 1. The second-order valence-corrected chi connectivity index (χ2v) is 11.3. The molecule has 0 bridgehead atoms. The number of nitriles is 1. The average molecular weight is 626 g/mol. The molecule has 2 saturated heterocycles. The predicted molar refractivity (Wildman–Crippen MR) is 158 cm³/mol. The third kappa shape index (κ3) is 5.39. The number of rotatable bonds is 6. The minimum Gasteiger partial charge on any atom is -0.465 e. The number of carboxylic acid groups (broad SMARTS) is 1. The Bertz CT molecular complexity index is 1810. The first-order valence-electron chi connectivity index (χ1n) is 14.0. The number of amides is 1. The molecule has 10 nitrogen and oxygen atoms in total. The van der Waals surface area contributed by atoms with Gasteiger partial charge in [0.25, 0.3) is 0 Å². The lowest BCUT2D eigenvalue weighted by Crippen LogP contribution is -2.55. The lowest BCUT2D eigenvalue weighted by molar-refractivity contribution is 0.119. The fourth-order valence-electron chi connectivity index (χ4n) is 5.98. The van der Waals surface area contributed by atoms with Crippen molar-refractivity contribution in [3.8, 4) is 23.3 Å². The molecule has 2 fully saturated rings. The molecule has 3 atom stereocenters. The van der Waals surface area contributed by atoms with Gasteiger partial charge in [-0.1, -0.05) is 35.9 Å². The summed E-state index contributed by atoms with van der Waals surface area (Å²) >= 11 is 6.33. The number of hydrogen-bond donors (Lipinski definition) is 1. The SMILES string of the molecule is CN1C[C@H](F)C[C@@H]1COc1nc(N2CCN(C(=O)O)C(CC#N)C2)c2cnc(-c3cccc4ccc(F)c(Cl)c34)c(F)c2n1. The van der Waals surface area contributed by atoms with E-state index in [0.717, 1.165) is 0 Å². The fourth-order valence-corrected chi connectivity index (χ4v) is 6.25. The molecule has 1 unspecified atom stereocenters. The Hall–Kier alpha value is -4.41. The van der Waals surface area contributed by atoms with Crippen LogP contribution in [0.3, 0.4) is 0 Å². The van der Waals surface area contributed by atoms with Crippen molar-refractivity contribution >= 4 is 45.2 Å². The van der Waals surface area contributed by atoms with Gasteiger partial charge in [0.15, 0.2) is 5.82 Å². The van der Waals surface area contributed by atoms with Gasteiger partial charge in [-0.05, 0) is 24.9 Å². The lowest BCUT2D eigenvalue weighted by Gasteiger charge is -2.39. The van der Waals surface area contributed by atoms with E-state index in [4.69, 9.17) is 16.3 Å². The summed E-state index contributed by atoms with van der Waals surface area (Å²) in [6.07, 6.45) is -0.517. The second-order valence-electron chi connectivity index (χ2n) is 11.0. The van der Waals surface area contributed by atoms with Gasteiger partial charge >= 0.3 is 12.1 Å². The van der Waals surface area contributed by atoms with Crippen molar-refractivity contribution in [3.05, 3.63) is 53.2 Å². The third-order valence-corrected chi connectivity index (χ3v) is 8.60. The number of anilines is 1. The molecule has 1 amide bonds. The standard InChI is InChI=1S/C30H27ClF3N7O3/c1-39-13-17(32)11-19(39)15-44-29-37-27-21(28(38-29)40-9-10-41(30(42)43)18(14-40)7-8-35)12-36-26(25(27)34)20-4-2-3-16-5-6-22(33)24(31)23(16)20/h2-6,12,17-19H,7,9-11,13-15H2,1H3,(H,42,43)/t17-,18?,19-/m1/s1. The third-order valence-electron chi connectivity index (χ3n) is 8.23. The maximum atomic E-state index is 16.5. The highest BCUT2D eigenvalue weighted by atomic mass is 35.5. The first-order chi connectivity index (χ1) is 21.2. The van der Waals surface area contributed by atoms with E-state index in [1.54, 1.807) is 36.2 Å². The molecule has 0 spiro atoms. The number of aromatic nitrogens is 3. The monoisotopic (exact) mass is 625 g/mol. The van der Waals surface area contributed by atoms with Crippen molar-refractivity contribution in [2.75, 3.05) is 44.7 Å². The minimum atomic E-state index is -1.14. The van der Waals surface area contributed by atoms with Gasteiger partial charge in [-0.25, -0.2) is 18.0 Å². The molecular weight excluding hydrogens is 599 g/mol. The predicted octanol–water partition coefficient (Wildman–Crippen LogP) is 5.28. The van der Waals surface area contributed by atoms with Gasteiger partial charge in [-0.2, -0.15) is 15.2 Å². The van der Waals surface area contributed by atoms with Crippen molar-refractivity contribution in [2.24, 2.45) is 0 Å². The smallest absolute Gasteiger partial charge is 0.407 e. The quantitative estimate of drug-likeness (QED) is 0.305. The van der Waals surface area contributed by atoms with Crippen LogP contribution in [0.1, 0.15) is 12.8 Å². The van der Waals surface area contributed by atoms with Gasteiger partial charge < -0.3 is 19.6 Å². The molecule has 6 rings (SSSR count). The summed E-state index contributed by atoms with van der Waals surface area (Å²) in [5.41, 5.74) is 0.0278. The zero-order chi connectivity index (χ0) is 31.1. The number of ether oxygens (including phenoxy) is 1. The molecule has 44 heavy (non-hydrogen) atoms.